The third-order valence-corrected chi connectivity index (χ3v) is 4.27. The summed E-state index contributed by atoms with van der Waals surface area (Å²) in [4.78, 5) is 11.8. The summed E-state index contributed by atoms with van der Waals surface area (Å²) in [5.74, 6) is 0.230. The van der Waals surface area contributed by atoms with Crippen LogP contribution in [0.25, 0.3) is 0 Å². The van der Waals surface area contributed by atoms with Crippen LogP contribution in [0.3, 0.4) is 0 Å². The average Bonchev–Trinajstić information content (AvgIpc) is 2.50. The minimum atomic E-state index is -0.569. The molecule has 1 heterocycles. The second-order valence-corrected chi connectivity index (χ2v) is 5.21. The van der Waals surface area contributed by atoms with Gasteiger partial charge in [-0.15, -0.1) is 0 Å². The van der Waals surface area contributed by atoms with Gasteiger partial charge in [-0.05, 0) is 19.8 Å². The zero-order valence-electron chi connectivity index (χ0n) is 10.0. The molecule has 1 aliphatic rings. The highest BCUT2D eigenvalue weighted by Crippen LogP contribution is 2.47. The number of carbonyl (C=O) groups excluding carboxylic acids is 1. The van der Waals surface area contributed by atoms with Crippen molar-refractivity contribution in [1.82, 2.24) is 0 Å². The Labute approximate surface area is 101 Å². The van der Waals surface area contributed by atoms with Gasteiger partial charge in [0.05, 0.1) is 4.75 Å². The largest absolute Gasteiger partial charge is 0.510 e. The van der Waals surface area contributed by atoms with E-state index in [0.717, 1.165) is 5.57 Å². The van der Waals surface area contributed by atoms with E-state index in [1.165, 1.54) is 11.8 Å². The number of hydrogen-bond acceptors (Lipinski definition) is 3. The maximum absolute atomic E-state index is 11.8. The van der Waals surface area contributed by atoms with Crippen molar-refractivity contribution in [3.63, 3.8) is 0 Å². The van der Waals surface area contributed by atoms with Crippen molar-refractivity contribution in [2.24, 2.45) is 0 Å². The van der Waals surface area contributed by atoms with Crippen LogP contribution >= 0.6 is 11.8 Å². The van der Waals surface area contributed by atoms with E-state index in [2.05, 4.69) is 6.58 Å². The molecule has 0 aromatic carbocycles. The molecule has 0 fully saturated rings. The lowest BCUT2D eigenvalue weighted by Gasteiger charge is -2.22. The first kappa shape index (κ1) is 13.1. The first-order valence-electron chi connectivity index (χ1n) is 5.48. The summed E-state index contributed by atoms with van der Waals surface area (Å²) in [5.41, 5.74) is 1.53. The van der Waals surface area contributed by atoms with Crippen LogP contribution in [-0.4, -0.2) is 15.0 Å². The van der Waals surface area contributed by atoms with Gasteiger partial charge >= 0.3 is 0 Å². The molecule has 0 saturated carbocycles. The molecule has 0 aliphatic carbocycles. The lowest BCUT2D eigenvalue weighted by molar-refractivity contribution is -0.107. The van der Waals surface area contributed by atoms with E-state index in [0.29, 0.717) is 18.4 Å². The smallest absolute Gasteiger partial charge is 0.220 e. The van der Waals surface area contributed by atoms with Gasteiger partial charge in [-0.25, -0.2) is 0 Å². The molecule has 88 valence electrons. The summed E-state index contributed by atoms with van der Waals surface area (Å²) in [6.07, 6.45) is 4.95. The lowest BCUT2D eigenvalue weighted by Crippen LogP contribution is -2.21. The van der Waals surface area contributed by atoms with Gasteiger partial charge in [0, 0.05) is 5.57 Å². The van der Waals surface area contributed by atoms with Gasteiger partial charge in [0.2, 0.25) is 5.12 Å². The summed E-state index contributed by atoms with van der Waals surface area (Å²) in [7, 11) is 0. The van der Waals surface area contributed by atoms with Crippen LogP contribution in [0.15, 0.2) is 35.6 Å². The van der Waals surface area contributed by atoms with Crippen LogP contribution in [0.5, 0.6) is 0 Å². The van der Waals surface area contributed by atoms with Gasteiger partial charge in [0.25, 0.3) is 0 Å². The standard InChI is InChI=1S/C13H18O2S/c1-5-9(4)8-13(7-3)11(14)10(6-2)12(15)16-13/h5,8,14H,1,6-7H2,2-4H3/b9-8+/t13-/m1/s1. The van der Waals surface area contributed by atoms with Gasteiger partial charge in [0.1, 0.15) is 5.76 Å². The topological polar surface area (TPSA) is 37.3 Å². The van der Waals surface area contributed by atoms with E-state index >= 15 is 0 Å². The highest BCUT2D eigenvalue weighted by Gasteiger charge is 2.43. The number of aliphatic hydroxyl groups excluding tert-OH is 1. The van der Waals surface area contributed by atoms with Gasteiger partial charge in [-0.1, -0.05) is 49.9 Å². The Balaban J connectivity index is 3.23. The number of rotatable bonds is 4. The molecule has 3 heteroatoms. The Morgan fingerprint density at radius 2 is 2.19 bits per heavy atom. The SMILES string of the molecule is C=C/C(C)=C/[C@@]1(CC)SC(=O)C(CC)=C1O. The Hall–Kier alpha value is -0.960. The number of carbonyl (C=O) groups is 1. The Bertz CT molecular complexity index is 379. The van der Waals surface area contributed by atoms with Crippen molar-refractivity contribution in [2.45, 2.75) is 38.4 Å². The normalized spacial score (nSPS) is 26.4. The summed E-state index contributed by atoms with van der Waals surface area (Å²) < 4.78 is -0.569. The Morgan fingerprint density at radius 1 is 1.56 bits per heavy atom. The molecule has 0 amide bonds. The molecule has 0 aromatic heterocycles. The highest BCUT2D eigenvalue weighted by atomic mass is 32.2. The minimum absolute atomic E-state index is 0.00466. The average molecular weight is 238 g/mol. The molecule has 1 rings (SSSR count). The van der Waals surface area contributed by atoms with E-state index in [-0.39, 0.29) is 10.9 Å². The van der Waals surface area contributed by atoms with Gasteiger partial charge in [0.15, 0.2) is 0 Å². The number of allylic oxidation sites excluding steroid dienone is 2. The Kier molecular flexibility index (Phi) is 4.03. The van der Waals surface area contributed by atoms with Crippen molar-refractivity contribution < 1.29 is 9.90 Å². The number of thioether (sulfide) groups is 1. The highest BCUT2D eigenvalue weighted by molar-refractivity contribution is 8.16. The third-order valence-electron chi connectivity index (χ3n) is 2.87. The van der Waals surface area contributed by atoms with E-state index in [1.54, 1.807) is 6.08 Å². The summed E-state index contributed by atoms with van der Waals surface area (Å²) >= 11 is 1.21. The van der Waals surface area contributed by atoms with Crippen molar-refractivity contribution in [1.29, 1.82) is 0 Å². The molecule has 2 nitrogen and oxygen atoms in total. The summed E-state index contributed by atoms with van der Waals surface area (Å²) in [6.45, 7) is 9.48. The molecule has 1 N–H and O–H groups in total. The Morgan fingerprint density at radius 3 is 2.56 bits per heavy atom. The van der Waals surface area contributed by atoms with E-state index in [1.807, 2.05) is 26.8 Å². The van der Waals surface area contributed by atoms with Gasteiger partial charge < -0.3 is 5.11 Å². The van der Waals surface area contributed by atoms with Crippen LogP contribution in [0.2, 0.25) is 0 Å². The van der Waals surface area contributed by atoms with Gasteiger partial charge in [-0.2, -0.15) is 0 Å². The predicted octanol–water partition coefficient (Wildman–Crippen LogP) is 3.76. The minimum Gasteiger partial charge on any atom is -0.510 e. The molecule has 0 saturated heterocycles. The lowest BCUT2D eigenvalue weighted by atomic mass is 9.96. The van der Waals surface area contributed by atoms with Gasteiger partial charge in [-0.3, -0.25) is 4.79 Å². The zero-order valence-corrected chi connectivity index (χ0v) is 10.9. The molecular weight excluding hydrogens is 220 g/mol. The monoisotopic (exact) mass is 238 g/mol. The van der Waals surface area contributed by atoms with Crippen molar-refractivity contribution in [3.05, 3.63) is 35.6 Å². The first-order valence-corrected chi connectivity index (χ1v) is 6.30. The molecule has 1 atom stereocenters. The predicted molar refractivity (Wildman–Crippen MR) is 69.5 cm³/mol. The second kappa shape index (κ2) is 4.91. The zero-order chi connectivity index (χ0) is 12.3. The molecule has 16 heavy (non-hydrogen) atoms. The van der Waals surface area contributed by atoms with E-state index in [9.17, 15) is 9.90 Å². The molecule has 0 radical (unpaired) electrons. The second-order valence-electron chi connectivity index (χ2n) is 3.91. The van der Waals surface area contributed by atoms with E-state index < -0.39 is 4.75 Å². The fourth-order valence-electron chi connectivity index (χ4n) is 1.81. The summed E-state index contributed by atoms with van der Waals surface area (Å²) in [6, 6.07) is 0. The third kappa shape index (κ3) is 2.09. The van der Waals surface area contributed by atoms with Crippen LogP contribution in [0, 0.1) is 0 Å². The number of aliphatic hydroxyl groups is 1. The van der Waals surface area contributed by atoms with Crippen LogP contribution in [0.1, 0.15) is 33.6 Å². The first-order chi connectivity index (χ1) is 7.50. The van der Waals surface area contributed by atoms with Crippen molar-refractivity contribution in [3.8, 4) is 0 Å². The quantitative estimate of drug-likeness (QED) is 0.758. The number of hydrogen-bond donors (Lipinski definition) is 1. The molecule has 0 aromatic rings. The maximum atomic E-state index is 11.8. The summed E-state index contributed by atoms with van der Waals surface area (Å²) in [5, 5.41) is 10.2. The van der Waals surface area contributed by atoms with E-state index in [4.69, 9.17) is 0 Å². The fraction of sp³-hybridized carbons (Fsp3) is 0.462. The van der Waals surface area contributed by atoms with Crippen LogP contribution in [-0.2, 0) is 4.79 Å². The molecule has 0 unspecified atom stereocenters. The molecular formula is C13H18O2S. The fourth-order valence-corrected chi connectivity index (χ4v) is 3.11. The van der Waals surface area contributed by atoms with Crippen molar-refractivity contribution in [2.75, 3.05) is 0 Å². The maximum Gasteiger partial charge on any atom is 0.220 e. The molecule has 1 aliphatic heterocycles. The molecule has 0 spiro atoms. The van der Waals surface area contributed by atoms with Crippen LogP contribution < -0.4 is 0 Å². The van der Waals surface area contributed by atoms with Crippen LogP contribution in [0.4, 0.5) is 0 Å². The van der Waals surface area contributed by atoms with Crippen molar-refractivity contribution >= 4 is 16.9 Å². The molecule has 0 bridgehead atoms.